The normalized spacial score (nSPS) is 15.0. The van der Waals surface area contributed by atoms with Gasteiger partial charge in [-0.3, -0.25) is 4.40 Å². The lowest BCUT2D eigenvalue weighted by molar-refractivity contribution is 0.400. The van der Waals surface area contributed by atoms with Gasteiger partial charge < -0.3 is 5.73 Å². The highest BCUT2D eigenvalue weighted by atomic mass is 15.1. The Kier molecular flexibility index (Phi) is 5.10. The Morgan fingerprint density at radius 2 is 2.06 bits per heavy atom. The molecule has 1 saturated carbocycles. The summed E-state index contributed by atoms with van der Waals surface area (Å²) < 4.78 is 2.12. The molecule has 1 fully saturated rings. The lowest BCUT2D eigenvalue weighted by Gasteiger charge is -2.23. The quantitative estimate of drug-likeness (QED) is 0.387. The van der Waals surface area contributed by atoms with Gasteiger partial charge in [0.2, 0.25) is 0 Å². The second-order valence-electron chi connectivity index (χ2n) is 8.39. The zero-order chi connectivity index (χ0) is 22.2. The molecule has 0 saturated heterocycles. The van der Waals surface area contributed by atoms with Gasteiger partial charge >= 0.3 is 0 Å². The molecule has 1 aromatic carbocycles. The second kappa shape index (κ2) is 8.08. The van der Waals surface area contributed by atoms with Crippen LogP contribution in [0, 0.1) is 6.92 Å². The summed E-state index contributed by atoms with van der Waals surface area (Å²) in [5, 5.41) is 1.13. The van der Waals surface area contributed by atoms with Crippen molar-refractivity contribution in [1.29, 1.82) is 0 Å². The number of nitrogens with zero attached hydrogens (tertiary/aromatic N) is 4. The third kappa shape index (κ3) is 3.30. The SMILES string of the molecule is C=C/C(=C\C=C/C)c1cc(C)c2ccc(-c3nc(C4CCC4)n4ccnc(N)c34)cc2n1. The number of nitrogens with two attached hydrogens (primary N) is 1. The van der Waals surface area contributed by atoms with E-state index in [1.165, 1.54) is 24.8 Å². The number of rotatable bonds is 5. The maximum atomic E-state index is 6.32. The van der Waals surface area contributed by atoms with Gasteiger partial charge in [0, 0.05) is 29.3 Å². The zero-order valence-electron chi connectivity index (χ0n) is 18.5. The molecule has 160 valence electrons. The van der Waals surface area contributed by atoms with Gasteiger partial charge in [-0.05, 0) is 50.0 Å². The maximum Gasteiger partial charge on any atom is 0.150 e. The number of allylic oxidation sites excluding steroid dienone is 5. The van der Waals surface area contributed by atoms with E-state index in [4.69, 9.17) is 15.7 Å². The molecule has 32 heavy (non-hydrogen) atoms. The molecule has 0 aliphatic heterocycles. The molecule has 0 bridgehead atoms. The van der Waals surface area contributed by atoms with Gasteiger partial charge in [0.05, 0.1) is 11.2 Å². The van der Waals surface area contributed by atoms with Gasteiger partial charge in [0.25, 0.3) is 0 Å². The number of anilines is 1. The third-order valence-electron chi connectivity index (χ3n) is 6.35. The van der Waals surface area contributed by atoms with Crippen LogP contribution >= 0.6 is 0 Å². The van der Waals surface area contributed by atoms with Crippen molar-refractivity contribution in [2.75, 3.05) is 5.73 Å². The molecule has 3 heterocycles. The van der Waals surface area contributed by atoms with Crippen LogP contribution in [0.2, 0.25) is 0 Å². The Hall–Kier alpha value is -3.73. The van der Waals surface area contributed by atoms with Gasteiger partial charge in [0.1, 0.15) is 22.9 Å². The van der Waals surface area contributed by atoms with Crippen molar-refractivity contribution >= 4 is 27.8 Å². The standard InChI is InChI=1S/C27H27N5/c1-4-6-8-18(5-2)22-15-17(3)21-12-11-20(16-23(21)30-22)24-25-26(28)29-13-14-32(25)27(31-24)19-9-7-10-19/h4-6,8,11-16,19H,2,7,9-10H2,1,3H3,(H2,28,29)/b6-4-,18-8+. The van der Waals surface area contributed by atoms with E-state index in [0.29, 0.717) is 11.7 Å². The molecule has 4 aromatic rings. The third-order valence-corrected chi connectivity index (χ3v) is 6.35. The Labute approximate surface area is 188 Å². The van der Waals surface area contributed by atoms with Crippen LogP contribution in [0.25, 0.3) is 33.3 Å². The molecule has 3 aromatic heterocycles. The number of pyridine rings is 1. The number of hydrogen-bond acceptors (Lipinski definition) is 4. The van der Waals surface area contributed by atoms with Crippen LogP contribution in [0.15, 0.2) is 67.5 Å². The van der Waals surface area contributed by atoms with Crippen LogP contribution in [0.5, 0.6) is 0 Å². The number of benzene rings is 1. The van der Waals surface area contributed by atoms with Crippen LogP contribution in [-0.4, -0.2) is 19.4 Å². The molecule has 0 unspecified atom stereocenters. The first-order chi connectivity index (χ1) is 15.6. The Morgan fingerprint density at radius 3 is 2.78 bits per heavy atom. The summed E-state index contributed by atoms with van der Waals surface area (Å²) in [4.78, 5) is 14.4. The van der Waals surface area contributed by atoms with E-state index >= 15 is 0 Å². The van der Waals surface area contributed by atoms with E-state index in [1.807, 2.05) is 37.4 Å². The van der Waals surface area contributed by atoms with Gasteiger partial charge in [-0.2, -0.15) is 0 Å². The first-order valence-electron chi connectivity index (χ1n) is 11.1. The maximum absolute atomic E-state index is 6.32. The van der Waals surface area contributed by atoms with Crippen molar-refractivity contribution in [2.45, 2.75) is 39.0 Å². The van der Waals surface area contributed by atoms with Crippen molar-refractivity contribution in [3.05, 3.63) is 84.6 Å². The van der Waals surface area contributed by atoms with E-state index in [2.05, 4.69) is 47.2 Å². The molecule has 5 heteroatoms. The molecule has 0 spiro atoms. The molecular weight excluding hydrogens is 394 g/mol. The van der Waals surface area contributed by atoms with E-state index in [-0.39, 0.29) is 0 Å². The van der Waals surface area contributed by atoms with Crippen molar-refractivity contribution in [3.63, 3.8) is 0 Å². The summed E-state index contributed by atoms with van der Waals surface area (Å²) in [6.07, 6.45) is 15.2. The van der Waals surface area contributed by atoms with Crippen LogP contribution in [-0.2, 0) is 0 Å². The van der Waals surface area contributed by atoms with E-state index < -0.39 is 0 Å². The lowest BCUT2D eigenvalue weighted by atomic mass is 9.85. The number of nitrogen functional groups attached to an aromatic ring is 1. The van der Waals surface area contributed by atoms with Crippen LogP contribution in [0.1, 0.15) is 49.2 Å². The molecule has 2 N–H and O–H groups in total. The molecule has 0 atom stereocenters. The number of fused-ring (bicyclic) bond motifs is 2. The average molecular weight is 422 g/mol. The Bertz CT molecular complexity index is 1400. The fraction of sp³-hybridized carbons (Fsp3) is 0.222. The van der Waals surface area contributed by atoms with Crippen molar-refractivity contribution < 1.29 is 0 Å². The van der Waals surface area contributed by atoms with Crippen LogP contribution in [0.3, 0.4) is 0 Å². The highest BCUT2D eigenvalue weighted by molar-refractivity contribution is 5.92. The highest BCUT2D eigenvalue weighted by Crippen LogP contribution is 2.39. The molecule has 5 nitrogen and oxygen atoms in total. The van der Waals surface area contributed by atoms with E-state index in [0.717, 1.165) is 44.8 Å². The summed E-state index contributed by atoms with van der Waals surface area (Å²) in [5.74, 6) is 2.07. The summed E-state index contributed by atoms with van der Waals surface area (Å²) in [6, 6.07) is 8.46. The molecule has 1 aliphatic carbocycles. The predicted molar refractivity (Wildman–Crippen MR) is 132 cm³/mol. The average Bonchev–Trinajstić information content (AvgIpc) is 3.13. The minimum Gasteiger partial charge on any atom is -0.382 e. The lowest BCUT2D eigenvalue weighted by Crippen LogP contribution is -2.12. The number of aryl methyl sites for hydroxylation is 1. The summed E-state index contributed by atoms with van der Waals surface area (Å²) >= 11 is 0. The number of aromatic nitrogens is 4. The van der Waals surface area contributed by atoms with Crippen LogP contribution < -0.4 is 5.73 Å². The molecule has 5 rings (SSSR count). The summed E-state index contributed by atoms with van der Waals surface area (Å²) in [7, 11) is 0. The van der Waals surface area contributed by atoms with Gasteiger partial charge in [-0.15, -0.1) is 0 Å². The summed E-state index contributed by atoms with van der Waals surface area (Å²) in [6.45, 7) is 8.08. The second-order valence-corrected chi connectivity index (χ2v) is 8.39. The molecule has 0 radical (unpaired) electrons. The van der Waals surface area contributed by atoms with Crippen molar-refractivity contribution in [2.24, 2.45) is 0 Å². The van der Waals surface area contributed by atoms with E-state index in [1.54, 1.807) is 6.20 Å². The van der Waals surface area contributed by atoms with Gasteiger partial charge in [-0.25, -0.2) is 15.0 Å². The first-order valence-corrected chi connectivity index (χ1v) is 11.1. The van der Waals surface area contributed by atoms with Gasteiger partial charge in [0.15, 0.2) is 0 Å². The molecule has 0 amide bonds. The van der Waals surface area contributed by atoms with E-state index in [9.17, 15) is 0 Å². The Morgan fingerprint density at radius 1 is 1.22 bits per heavy atom. The van der Waals surface area contributed by atoms with Gasteiger partial charge in [-0.1, -0.05) is 49.4 Å². The smallest absolute Gasteiger partial charge is 0.150 e. The summed E-state index contributed by atoms with van der Waals surface area (Å²) in [5.41, 5.74) is 13.1. The topological polar surface area (TPSA) is 69.1 Å². The largest absolute Gasteiger partial charge is 0.382 e. The minimum atomic E-state index is 0.484. The fourth-order valence-corrected chi connectivity index (χ4v) is 4.40. The highest BCUT2D eigenvalue weighted by Gasteiger charge is 2.27. The monoisotopic (exact) mass is 421 g/mol. The minimum absolute atomic E-state index is 0.484. The molecular formula is C27H27N5. The van der Waals surface area contributed by atoms with Crippen LogP contribution in [0.4, 0.5) is 5.82 Å². The van der Waals surface area contributed by atoms with Crippen molar-refractivity contribution in [3.8, 4) is 11.3 Å². The molecule has 1 aliphatic rings. The predicted octanol–water partition coefficient (Wildman–Crippen LogP) is 6.25. The number of imidazole rings is 1. The fourth-order valence-electron chi connectivity index (χ4n) is 4.40. The zero-order valence-corrected chi connectivity index (χ0v) is 18.5. The Balaban J connectivity index is 1.70. The van der Waals surface area contributed by atoms with Crippen molar-refractivity contribution in [1.82, 2.24) is 19.4 Å². The number of hydrogen-bond donors (Lipinski definition) is 1. The first kappa shape index (κ1) is 20.2.